The molecule has 3 nitrogen and oxygen atoms in total. The van der Waals surface area contributed by atoms with Crippen LogP contribution < -0.4 is 4.18 Å². The maximum absolute atomic E-state index is 12.2. The molecule has 0 aliphatic rings. The van der Waals surface area contributed by atoms with Gasteiger partial charge in [-0.05, 0) is 24.5 Å². The Kier molecular flexibility index (Phi) is 3.95. The predicted molar refractivity (Wildman–Crippen MR) is 60.9 cm³/mol. The van der Waals surface area contributed by atoms with Crippen molar-refractivity contribution in [1.82, 2.24) is 0 Å². The number of halogens is 3. The van der Waals surface area contributed by atoms with E-state index in [9.17, 15) is 21.6 Å². The van der Waals surface area contributed by atoms with E-state index in [1.165, 1.54) is 12.1 Å². The van der Waals surface area contributed by atoms with Crippen LogP contribution in [0.3, 0.4) is 0 Å². The van der Waals surface area contributed by atoms with Crippen LogP contribution in [-0.4, -0.2) is 13.9 Å². The first-order chi connectivity index (χ1) is 8.04. The summed E-state index contributed by atoms with van der Waals surface area (Å²) in [5.74, 6) is -0.434. The normalized spacial score (nSPS) is 12.8. The van der Waals surface area contributed by atoms with Crippen molar-refractivity contribution in [2.45, 2.75) is 32.2 Å². The molecule has 0 saturated carbocycles. The topological polar surface area (TPSA) is 43.4 Å². The third kappa shape index (κ3) is 3.16. The van der Waals surface area contributed by atoms with Gasteiger partial charge in [-0.2, -0.15) is 21.6 Å². The number of alkyl halides is 3. The van der Waals surface area contributed by atoms with Crippen LogP contribution in [0.1, 0.15) is 30.9 Å². The number of aryl methyl sites for hydroxylation is 1. The molecule has 1 rings (SSSR count). The third-order valence-electron chi connectivity index (χ3n) is 2.27. The zero-order chi connectivity index (χ0) is 14.1. The van der Waals surface area contributed by atoms with Gasteiger partial charge in [0.25, 0.3) is 0 Å². The Hall–Kier alpha value is -1.24. The minimum Gasteiger partial charge on any atom is -0.376 e. The van der Waals surface area contributed by atoms with Gasteiger partial charge in [0.2, 0.25) is 0 Å². The van der Waals surface area contributed by atoms with Crippen LogP contribution in [0.2, 0.25) is 0 Å². The molecule has 0 amide bonds. The van der Waals surface area contributed by atoms with Crippen molar-refractivity contribution in [2.75, 3.05) is 0 Å². The maximum Gasteiger partial charge on any atom is 0.534 e. The van der Waals surface area contributed by atoms with Crippen LogP contribution in [0, 0.1) is 6.92 Å². The fourth-order valence-electron chi connectivity index (χ4n) is 1.36. The highest BCUT2D eigenvalue weighted by molar-refractivity contribution is 7.88. The molecule has 102 valence electrons. The van der Waals surface area contributed by atoms with E-state index in [-0.39, 0.29) is 11.7 Å². The number of rotatable bonds is 3. The number of hydrogen-bond donors (Lipinski definition) is 0. The summed E-state index contributed by atoms with van der Waals surface area (Å²) in [7, 11) is -5.62. The molecule has 0 bridgehead atoms. The summed E-state index contributed by atoms with van der Waals surface area (Å²) in [4.78, 5) is 0. The van der Waals surface area contributed by atoms with Gasteiger partial charge in [0.15, 0.2) is 0 Å². The van der Waals surface area contributed by atoms with Gasteiger partial charge in [-0.1, -0.05) is 31.5 Å². The third-order valence-corrected chi connectivity index (χ3v) is 3.24. The Labute approximate surface area is 104 Å². The van der Waals surface area contributed by atoms with Gasteiger partial charge in [-0.15, -0.1) is 0 Å². The molecular weight excluding hydrogens is 269 g/mol. The molecule has 0 saturated heterocycles. The van der Waals surface area contributed by atoms with E-state index >= 15 is 0 Å². The van der Waals surface area contributed by atoms with Crippen molar-refractivity contribution in [2.24, 2.45) is 0 Å². The molecule has 0 heterocycles. The Balaban J connectivity index is 3.21. The molecule has 1 aromatic carbocycles. The first-order valence-electron chi connectivity index (χ1n) is 5.16. The summed E-state index contributed by atoms with van der Waals surface area (Å²) < 4.78 is 62.7. The molecule has 7 heteroatoms. The van der Waals surface area contributed by atoms with Gasteiger partial charge in [-0.25, -0.2) is 0 Å². The molecule has 0 radical (unpaired) electrons. The second kappa shape index (κ2) is 4.79. The lowest BCUT2D eigenvalue weighted by Gasteiger charge is -2.15. The van der Waals surface area contributed by atoms with Crippen LogP contribution in [-0.2, 0) is 10.1 Å². The zero-order valence-electron chi connectivity index (χ0n) is 10.1. The van der Waals surface area contributed by atoms with Crippen LogP contribution in [0.4, 0.5) is 13.2 Å². The highest BCUT2D eigenvalue weighted by Crippen LogP contribution is 2.32. The highest BCUT2D eigenvalue weighted by Gasteiger charge is 2.48. The molecule has 1 aromatic rings. The van der Waals surface area contributed by atoms with Gasteiger partial charge < -0.3 is 4.18 Å². The molecule has 0 spiro atoms. The summed E-state index contributed by atoms with van der Waals surface area (Å²) >= 11 is 0. The molecule has 0 aliphatic heterocycles. The van der Waals surface area contributed by atoms with Crippen molar-refractivity contribution >= 4 is 10.1 Å². The van der Waals surface area contributed by atoms with E-state index in [4.69, 9.17) is 0 Å². The SMILES string of the molecule is Cc1ccc(OS(=O)(=O)C(F)(F)F)c(C(C)C)c1. The van der Waals surface area contributed by atoms with E-state index in [0.29, 0.717) is 5.56 Å². The molecule has 0 atom stereocenters. The summed E-state index contributed by atoms with van der Waals surface area (Å²) in [6.45, 7) is 5.23. The standard InChI is InChI=1S/C11H13F3O3S/c1-7(2)9-6-8(3)4-5-10(9)17-18(15,16)11(12,13)14/h4-7H,1-3H3. The molecule has 0 unspecified atom stereocenters. The summed E-state index contributed by atoms with van der Waals surface area (Å²) in [5.41, 5.74) is -4.19. The van der Waals surface area contributed by atoms with Crippen LogP contribution in [0.25, 0.3) is 0 Å². The zero-order valence-corrected chi connectivity index (χ0v) is 10.9. The second-order valence-corrected chi connectivity index (χ2v) is 5.72. The minimum atomic E-state index is -5.62. The molecular formula is C11H13F3O3S. The number of benzene rings is 1. The lowest BCUT2D eigenvalue weighted by Crippen LogP contribution is -2.28. The first kappa shape index (κ1) is 14.8. The Morgan fingerprint density at radius 3 is 2.22 bits per heavy atom. The lowest BCUT2D eigenvalue weighted by molar-refractivity contribution is -0.0500. The average Bonchev–Trinajstić information content (AvgIpc) is 2.18. The predicted octanol–water partition coefficient (Wildman–Crippen LogP) is 3.35. The van der Waals surface area contributed by atoms with Gasteiger partial charge in [0, 0.05) is 0 Å². The van der Waals surface area contributed by atoms with Crippen molar-refractivity contribution in [1.29, 1.82) is 0 Å². The molecule has 18 heavy (non-hydrogen) atoms. The minimum absolute atomic E-state index is 0.150. The van der Waals surface area contributed by atoms with Crippen molar-refractivity contribution in [3.8, 4) is 5.75 Å². The Morgan fingerprint density at radius 2 is 1.78 bits per heavy atom. The second-order valence-electron chi connectivity index (χ2n) is 4.18. The molecule has 0 aromatic heterocycles. The van der Waals surface area contributed by atoms with E-state index in [1.807, 2.05) is 0 Å². The lowest BCUT2D eigenvalue weighted by atomic mass is 10.0. The van der Waals surface area contributed by atoms with Gasteiger partial charge in [-0.3, -0.25) is 0 Å². The largest absolute Gasteiger partial charge is 0.534 e. The fraction of sp³-hybridized carbons (Fsp3) is 0.455. The average molecular weight is 282 g/mol. The Morgan fingerprint density at radius 1 is 1.22 bits per heavy atom. The van der Waals surface area contributed by atoms with E-state index in [0.717, 1.165) is 5.56 Å². The van der Waals surface area contributed by atoms with E-state index in [2.05, 4.69) is 4.18 Å². The summed E-state index contributed by atoms with van der Waals surface area (Å²) in [5, 5.41) is 0. The van der Waals surface area contributed by atoms with E-state index < -0.39 is 15.6 Å². The maximum atomic E-state index is 12.2. The first-order valence-corrected chi connectivity index (χ1v) is 6.56. The number of hydrogen-bond acceptors (Lipinski definition) is 3. The van der Waals surface area contributed by atoms with E-state index in [1.54, 1.807) is 26.8 Å². The van der Waals surface area contributed by atoms with Gasteiger partial charge >= 0.3 is 15.6 Å². The summed E-state index contributed by atoms with van der Waals surface area (Å²) in [6.07, 6.45) is 0. The van der Waals surface area contributed by atoms with Crippen LogP contribution >= 0.6 is 0 Å². The quantitative estimate of drug-likeness (QED) is 0.630. The highest BCUT2D eigenvalue weighted by atomic mass is 32.2. The molecule has 0 N–H and O–H groups in total. The smallest absolute Gasteiger partial charge is 0.376 e. The summed E-state index contributed by atoms with van der Waals surface area (Å²) in [6, 6.07) is 4.33. The van der Waals surface area contributed by atoms with Crippen molar-refractivity contribution in [3.05, 3.63) is 29.3 Å². The van der Waals surface area contributed by atoms with Crippen molar-refractivity contribution in [3.63, 3.8) is 0 Å². The monoisotopic (exact) mass is 282 g/mol. The fourth-order valence-corrected chi connectivity index (χ4v) is 1.84. The van der Waals surface area contributed by atoms with Gasteiger partial charge in [0.1, 0.15) is 5.75 Å². The van der Waals surface area contributed by atoms with Crippen molar-refractivity contribution < 1.29 is 25.8 Å². The van der Waals surface area contributed by atoms with Gasteiger partial charge in [0.05, 0.1) is 0 Å². The molecule has 0 aliphatic carbocycles. The van der Waals surface area contributed by atoms with Crippen LogP contribution in [0.15, 0.2) is 18.2 Å². The Bertz CT molecular complexity index is 533. The van der Waals surface area contributed by atoms with Crippen LogP contribution in [0.5, 0.6) is 5.75 Å². The molecule has 0 fully saturated rings.